The number of hydrogen-bond donors (Lipinski definition) is 3. The first-order valence-corrected chi connectivity index (χ1v) is 10.4. The highest BCUT2D eigenvalue weighted by atomic mass is 32.2. The van der Waals surface area contributed by atoms with Gasteiger partial charge in [-0.2, -0.15) is 4.31 Å². The summed E-state index contributed by atoms with van der Waals surface area (Å²) in [5, 5.41) is 13.0. The number of likely N-dealkylation sites (tertiary alicyclic amines) is 1. The van der Waals surface area contributed by atoms with Crippen LogP contribution in [-0.4, -0.2) is 78.7 Å². The number of benzene rings is 1. The molecule has 0 aromatic heterocycles. The SMILES string of the molecule is NC(=O)[C@@H]1C[C@H](O)CN1C(=S)Nc1ccc(S(=O)(=O)N2CCOCC2)cc1. The standard InChI is InChI=1S/C16H22N4O5S2/c17-15(22)14-9-12(21)10-20(14)16(26)18-11-1-3-13(4-2-11)27(23,24)19-5-7-25-8-6-19/h1-4,12,14,21H,5-10H2,(H2,17,22)(H,18,26)/t12-,14-/m0/s1. The third-order valence-electron chi connectivity index (χ3n) is 4.58. The molecule has 1 amide bonds. The van der Waals surface area contributed by atoms with Gasteiger partial charge in [-0.25, -0.2) is 8.42 Å². The summed E-state index contributed by atoms with van der Waals surface area (Å²) in [6.07, 6.45) is -0.447. The number of nitrogens with two attached hydrogens (primary N) is 1. The van der Waals surface area contributed by atoms with Gasteiger partial charge >= 0.3 is 0 Å². The number of rotatable bonds is 4. The van der Waals surface area contributed by atoms with Gasteiger partial charge in [0, 0.05) is 31.7 Å². The number of aliphatic hydroxyl groups excluding tert-OH is 1. The van der Waals surface area contributed by atoms with Crippen molar-refractivity contribution >= 4 is 38.9 Å². The lowest BCUT2D eigenvalue weighted by molar-refractivity contribution is -0.121. The van der Waals surface area contributed by atoms with Crippen LogP contribution in [0.5, 0.6) is 0 Å². The Morgan fingerprint density at radius 1 is 1.26 bits per heavy atom. The largest absolute Gasteiger partial charge is 0.391 e. The molecule has 2 aliphatic heterocycles. The molecule has 0 aliphatic carbocycles. The normalized spacial score (nSPS) is 24.0. The Labute approximate surface area is 163 Å². The first-order chi connectivity index (χ1) is 12.8. The Morgan fingerprint density at radius 2 is 1.89 bits per heavy atom. The van der Waals surface area contributed by atoms with Crippen LogP contribution in [0.3, 0.4) is 0 Å². The van der Waals surface area contributed by atoms with E-state index in [0.29, 0.717) is 32.0 Å². The van der Waals surface area contributed by atoms with Gasteiger partial charge < -0.3 is 25.8 Å². The van der Waals surface area contributed by atoms with Crippen LogP contribution in [0.15, 0.2) is 29.2 Å². The van der Waals surface area contributed by atoms with Gasteiger partial charge in [0.1, 0.15) is 6.04 Å². The molecular weight excluding hydrogens is 392 g/mol. The summed E-state index contributed by atoms with van der Waals surface area (Å²) < 4.78 is 31.8. The first kappa shape index (κ1) is 20.0. The minimum atomic E-state index is -3.56. The van der Waals surface area contributed by atoms with Gasteiger partial charge in [-0.15, -0.1) is 0 Å². The van der Waals surface area contributed by atoms with Gasteiger partial charge in [-0.3, -0.25) is 4.79 Å². The highest BCUT2D eigenvalue weighted by Gasteiger charge is 2.36. The lowest BCUT2D eigenvalue weighted by Crippen LogP contribution is -2.45. The van der Waals surface area contributed by atoms with Crippen molar-refractivity contribution in [2.24, 2.45) is 5.73 Å². The van der Waals surface area contributed by atoms with Crippen LogP contribution in [0.1, 0.15) is 6.42 Å². The maximum atomic E-state index is 12.6. The fourth-order valence-corrected chi connectivity index (χ4v) is 4.88. The number of ether oxygens (including phenoxy) is 1. The zero-order valence-corrected chi connectivity index (χ0v) is 16.2. The number of nitrogens with zero attached hydrogens (tertiary/aromatic N) is 2. The highest BCUT2D eigenvalue weighted by molar-refractivity contribution is 7.89. The second-order valence-electron chi connectivity index (χ2n) is 6.43. The summed E-state index contributed by atoms with van der Waals surface area (Å²) in [4.78, 5) is 13.3. The number of hydrogen-bond acceptors (Lipinski definition) is 6. The molecule has 1 aromatic carbocycles. The van der Waals surface area contributed by atoms with Crippen LogP contribution in [-0.2, 0) is 19.6 Å². The Kier molecular flexibility index (Phi) is 5.96. The minimum absolute atomic E-state index is 0.187. The number of thiocarbonyl (C=S) groups is 1. The van der Waals surface area contributed by atoms with Crippen LogP contribution in [0.25, 0.3) is 0 Å². The average molecular weight is 415 g/mol. The molecule has 9 nitrogen and oxygen atoms in total. The Morgan fingerprint density at radius 3 is 2.48 bits per heavy atom. The van der Waals surface area contributed by atoms with Crippen molar-refractivity contribution in [1.29, 1.82) is 0 Å². The van der Waals surface area contributed by atoms with Gasteiger partial charge in [0.15, 0.2) is 5.11 Å². The van der Waals surface area contributed by atoms with Crippen molar-refractivity contribution in [2.75, 3.05) is 38.2 Å². The molecule has 0 bridgehead atoms. The summed E-state index contributed by atoms with van der Waals surface area (Å²) in [5.41, 5.74) is 5.94. The van der Waals surface area contributed by atoms with Crippen LogP contribution in [0, 0.1) is 0 Å². The maximum absolute atomic E-state index is 12.6. The fourth-order valence-electron chi connectivity index (χ4n) is 3.15. The lowest BCUT2D eigenvalue weighted by atomic mass is 10.2. The van der Waals surface area contributed by atoms with E-state index in [9.17, 15) is 18.3 Å². The number of amides is 1. The van der Waals surface area contributed by atoms with Gasteiger partial charge in [-0.1, -0.05) is 0 Å². The van der Waals surface area contributed by atoms with E-state index in [1.807, 2.05) is 0 Å². The van der Waals surface area contributed by atoms with Gasteiger partial charge in [-0.05, 0) is 36.5 Å². The lowest BCUT2D eigenvalue weighted by Gasteiger charge is -2.26. The predicted octanol–water partition coefficient (Wildman–Crippen LogP) is -0.675. The van der Waals surface area contributed by atoms with Crippen LogP contribution in [0.4, 0.5) is 5.69 Å². The number of morpholine rings is 1. The van der Waals surface area contributed by atoms with Crippen LogP contribution >= 0.6 is 12.2 Å². The van der Waals surface area contributed by atoms with E-state index in [0.717, 1.165) is 0 Å². The highest BCUT2D eigenvalue weighted by Crippen LogP contribution is 2.22. The molecule has 1 aromatic rings. The van der Waals surface area contributed by atoms with Crippen molar-refractivity contribution in [2.45, 2.75) is 23.5 Å². The van der Waals surface area contributed by atoms with Crippen LogP contribution < -0.4 is 11.1 Å². The second kappa shape index (κ2) is 8.07. The number of nitrogens with one attached hydrogen (secondary N) is 1. The van der Waals surface area contributed by atoms with E-state index in [1.165, 1.54) is 16.4 Å². The molecule has 2 fully saturated rings. The zero-order chi connectivity index (χ0) is 19.6. The third kappa shape index (κ3) is 4.38. The fraction of sp³-hybridized carbons (Fsp3) is 0.500. The zero-order valence-electron chi connectivity index (χ0n) is 14.6. The second-order valence-corrected chi connectivity index (χ2v) is 8.76. The van der Waals surface area contributed by atoms with E-state index in [-0.39, 0.29) is 23.0 Å². The van der Waals surface area contributed by atoms with Gasteiger partial charge in [0.2, 0.25) is 15.9 Å². The van der Waals surface area contributed by atoms with E-state index in [2.05, 4.69) is 5.32 Å². The summed E-state index contributed by atoms with van der Waals surface area (Å²) in [6, 6.07) is 5.54. The van der Waals surface area contributed by atoms with Crippen molar-refractivity contribution in [3.8, 4) is 0 Å². The molecule has 0 spiro atoms. The molecule has 0 radical (unpaired) electrons. The molecule has 2 saturated heterocycles. The summed E-state index contributed by atoms with van der Waals surface area (Å²) >= 11 is 5.31. The first-order valence-electron chi connectivity index (χ1n) is 8.52. The van der Waals surface area contributed by atoms with Crippen LogP contribution in [0.2, 0.25) is 0 Å². The smallest absolute Gasteiger partial charge is 0.243 e. The molecule has 4 N–H and O–H groups in total. The number of β-amino-alcohol motifs (C(OH)–C–C–N with tert-alkyl or cyclic N) is 1. The topological polar surface area (TPSA) is 125 Å². The average Bonchev–Trinajstić information content (AvgIpc) is 3.05. The molecule has 27 heavy (non-hydrogen) atoms. The number of primary amides is 1. The molecule has 148 valence electrons. The Balaban J connectivity index is 1.68. The number of aliphatic hydroxyl groups is 1. The van der Waals surface area contributed by atoms with E-state index < -0.39 is 28.1 Å². The van der Waals surface area contributed by atoms with Crippen molar-refractivity contribution < 1.29 is 23.1 Å². The Hall–Kier alpha value is -1.79. The number of carbonyl (C=O) groups is 1. The molecule has 2 heterocycles. The molecule has 2 aliphatic rings. The van der Waals surface area contributed by atoms with Crippen molar-refractivity contribution in [1.82, 2.24) is 9.21 Å². The minimum Gasteiger partial charge on any atom is -0.391 e. The quantitative estimate of drug-likeness (QED) is 0.554. The van der Waals surface area contributed by atoms with E-state index >= 15 is 0 Å². The van der Waals surface area contributed by atoms with E-state index in [4.69, 9.17) is 22.7 Å². The van der Waals surface area contributed by atoms with Crippen molar-refractivity contribution in [3.05, 3.63) is 24.3 Å². The molecular formula is C16H22N4O5S2. The predicted molar refractivity (Wildman–Crippen MR) is 103 cm³/mol. The summed E-state index contributed by atoms with van der Waals surface area (Å²) in [6.45, 7) is 1.64. The molecule has 0 unspecified atom stereocenters. The summed E-state index contributed by atoms with van der Waals surface area (Å²) in [7, 11) is -3.56. The number of sulfonamides is 1. The van der Waals surface area contributed by atoms with Crippen molar-refractivity contribution in [3.63, 3.8) is 0 Å². The Bertz CT molecular complexity index is 809. The molecule has 3 rings (SSSR count). The molecule has 0 saturated carbocycles. The number of carbonyl (C=O) groups excluding carboxylic acids is 1. The van der Waals surface area contributed by atoms with Gasteiger partial charge in [0.25, 0.3) is 0 Å². The van der Waals surface area contributed by atoms with Gasteiger partial charge in [0.05, 0.1) is 24.2 Å². The van der Waals surface area contributed by atoms with E-state index in [1.54, 1.807) is 17.0 Å². The number of anilines is 1. The molecule has 2 atom stereocenters. The molecule has 11 heteroatoms. The third-order valence-corrected chi connectivity index (χ3v) is 6.83. The maximum Gasteiger partial charge on any atom is 0.243 e. The monoisotopic (exact) mass is 414 g/mol. The summed E-state index contributed by atoms with van der Waals surface area (Å²) in [5.74, 6) is -0.553.